The smallest absolute Gasteiger partial charge is 0.311 e. The fraction of sp³-hybridized carbons (Fsp3) is 0.714. The van der Waals surface area contributed by atoms with Crippen LogP contribution in [0.1, 0.15) is 53.9 Å². The summed E-state index contributed by atoms with van der Waals surface area (Å²) in [4.78, 5) is 24.4. The van der Waals surface area contributed by atoms with E-state index in [1.165, 1.54) is 0 Å². The van der Waals surface area contributed by atoms with Gasteiger partial charge in [0, 0.05) is 11.8 Å². The van der Waals surface area contributed by atoms with Crippen LogP contribution in [0.25, 0.3) is 0 Å². The molecule has 0 aromatic heterocycles. The van der Waals surface area contributed by atoms with E-state index in [1.807, 2.05) is 27.7 Å². The molecule has 1 fully saturated rings. The van der Waals surface area contributed by atoms with E-state index in [2.05, 4.69) is 31.2 Å². The molecule has 134 valence electrons. The summed E-state index contributed by atoms with van der Waals surface area (Å²) in [5.41, 5.74) is -0.476. The first-order valence-corrected chi connectivity index (χ1v) is 9.31. The Kier molecular flexibility index (Phi) is 6.06. The van der Waals surface area contributed by atoms with E-state index in [0.29, 0.717) is 11.8 Å². The summed E-state index contributed by atoms with van der Waals surface area (Å²) in [5.74, 6) is 0.844. The van der Waals surface area contributed by atoms with Crippen LogP contribution >= 0.6 is 0 Å². The van der Waals surface area contributed by atoms with Gasteiger partial charge in [0.1, 0.15) is 12.4 Å². The lowest BCUT2D eigenvalue weighted by atomic mass is 9.62. The van der Waals surface area contributed by atoms with Crippen LogP contribution in [-0.2, 0) is 14.3 Å². The number of esters is 1. The second-order valence-corrected chi connectivity index (χ2v) is 8.14. The first-order valence-electron chi connectivity index (χ1n) is 9.31. The molecular weight excluding hydrogens is 300 g/mol. The Balaban J connectivity index is 2.28. The summed E-state index contributed by atoms with van der Waals surface area (Å²) in [6, 6.07) is 0. The van der Waals surface area contributed by atoms with Crippen molar-refractivity contribution in [3.63, 3.8) is 0 Å². The monoisotopic (exact) mass is 332 g/mol. The van der Waals surface area contributed by atoms with Crippen molar-refractivity contribution in [2.75, 3.05) is 0 Å². The Bertz CT molecular complexity index is 517. The van der Waals surface area contributed by atoms with Gasteiger partial charge in [-0.05, 0) is 57.8 Å². The summed E-state index contributed by atoms with van der Waals surface area (Å²) >= 11 is 0. The minimum Gasteiger partial charge on any atom is -0.462 e. The molecular formula is C21H32O3. The van der Waals surface area contributed by atoms with Crippen molar-refractivity contribution in [2.45, 2.75) is 60.0 Å². The number of rotatable bonds is 5. The van der Waals surface area contributed by atoms with Gasteiger partial charge in [0.2, 0.25) is 0 Å². The van der Waals surface area contributed by atoms with Crippen molar-refractivity contribution in [1.29, 1.82) is 0 Å². The highest BCUT2D eigenvalue weighted by Crippen LogP contribution is 2.46. The van der Waals surface area contributed by atoms with Crippen LogP contribution in [0, 0.1) is 35.0 Å². The highest BCUT2D eigenvalue weighted by atomic mass is 16.5. The SMILES string of the molecule is C/C=C/C1C[C@H](OC(=O)C(C)(C)CC)[C@@H]2C(C=O)[C@@H](C)C=C[C@H]2C1. The first kappa shape index (κ1) is 19.0. The Morgan fingerprint density at radius 1 is 1.29 bits per heavy atom. The number of ether oxygens (including phenoxy) is 1. The van der Waals surface area contributed by atoms with Crippen LogP contribution in [0.15, 0.2) is 24.3 Å². The van der Waals surface area contributed by atoms with Crippen LogP contribution in [0.5, 0.6) is 0 Å². The largest absolute Gasteiger partial charge is 0.462 e. The fourth-order valence-electron chi connectivity index (χ4n) is 4.08. The summed E-state index contributed by atoms with van der Waals surface area (Å²) in [6.45, 7) is 9.98. The predicted molar refractivity (Wildman–Crippen MR) is 96.3 cm³/mol. The third-order valence-corrected chi connectivity index (χ3v) is 6.06. The van der Waals surface area contributed by atoms with Crippen molar-refractivity contribution in [3.8, 4) is 0 Å². The van der Waals surface area contributed by atoms with Crippen LogP contribution in [0.3, 0.4) is 0 Å². The second-order valence-electron chi connectivity index (χ2n) is 8.14. The van der Waals surface area contributed by atoms with Gasteiger partial charge in [0.15, 0.2) is 0 Å². The van der Waals surface area contributed by atoms with E-state index in [9.17, 15) is 9.59 Å². The molecule has 0 N–H and O–H groups in total. The van der Waals surface area contributed by atoms with Crippen LogP contribution in [-0.4, -0.2) is 18.4 Å². The molecule has 0 amide bonds. The number of hydrogen-bond acceptors (Lipinski definition) is 3. The molecule has 0 radical (unpaired) electrons. The van der Waals surface area contributed by atoms with Crippen molar-refractivity contribution in [1.82, 2.24) is 0 Å². The summed E-state index contributed by atoms with van der Waals surface area (Å²) in [7, 11) is 0. The molecule has 24 heavy (non-hydrogen) atoms. The molecule has 0 aromatic carbocycles. The lowest BCUT2D eigenvalue weighted by Crippen LogP contribution is -2.47. The van der Waals surface area contributed by atoms with Crippen LogP contribution in [0.2, 0.25) is 0 Å². The molecule has 0 spiro atoms. The molecule has 3 nitrogen and oxygen atoms in total. The normalized spacial score (nSPS) is 36.4. The number of aldehydes is 1. The van der Waals surface area contributed by atoms with E-state index >= 15 is 0 Å². The van der Waals surface area contributed by atoms with E-state index in [-0.39, 0.29) is 29.8 Å². The van der Waals surface area contributed by atoms with Gasteiger partial charge in [-0.1, -0.05) is 38.2 Å². The molecule has 0 bridgehead atoms. The third kappa shape index (κ3) is 3.81. The number of carbonyl (C=O) groups excluding carboxylic acids is 2. The van der Waals surface area contributed by atoms with Gasteiger partial charge in [0.05, 0.1) is 5.41 Å². The molecule has 3 heteroatoms. The van der Waals surface area contributed by atoms with E-state index in [1.54, 1.807) is 0 Å². The molecule has 2 unspecified atom stereocenters. The van der Waals surface area contributed by atoms with Gasteiger partial charge in [-0.25, -0.2) is 0 Å². The zero-order valence-electron chi connectivity index (χ0n) is 15.7. The number of carbonyl (C=O) groups is 2. The predicted octanol–water partition coefficient (Wildman–Crippen LogP) is 4.57. The topological polar surface area (TPSA) is 43.4 Å². The number of allylic oxidation sites excluding steroid dienone is 4. The minimum absolute atomic E-state index is 0.0610. The van der Waals surface area contributed by atoms with Gasteiger partial charge in [0.25, 0.3) is 0 Å². The fourth-order valence-corrected chi connectivity index (χ4v) is 4.08. The zero-order chi connectivity index (χ0) is 17.9. The zero-order valence-corrected chi connectivity index (χ0v) is 15.7. The standard InChI is InChI=1S/C21H32O3/c1-6-8-15-11-16-10-9-14(3)17(13-22)19(16)18(12-15)24-20(23)21(4,5)7-2/h6,8-10,13-19H,7,11-12H2,1-5H3/b8-6+/t14-,15?,16-,17?,18-,19-/m0/s1. The maximum atomic E-state index is 12.6. The molecule has 0 aliphatic heterocycles. The average Bonchev–Trinajstić information content (AvgIpc) is 2.55. The van der Waals surface area contributed by atoms with Crippen LogP contribution < -0.4 is 0 Å². The van der Waals surface area contributed by atoms with E-state index in [0.717, 1.165) is 25.5 Å². The molecule has 0 heterocycles. The Morgan fingerprint density at radius 2 is 2.00 bits per heavy atom. The molecule has 1 saturated carbocycles. The van der Waals surface area contributed by atoms with Gasteiger partial charge in [-0.3, -0.25) is 4.79 Å². The molecule has 6 atom stereocenters. The van der Waals surface area contributed by atoms with Gasteiger partial charge in [-0.2, -0.15) is 0 Å². The van der Waals surface area contributed by atoms with Crippen molar-refractivity contribution in [3.05, 3.63) is 24.3 Å². The quantitative estimate of drug-likeness (QED) is 0.421. The molecule has 2 aliphatic rings. The third-order valence-electron chi connectivity index (χ3n) is 6.06. The molecule has 0 saturated heterocycles. The lowest BCUT2D eigenvalue weighted by Gasteiger charge is -2.46. The summed E-state index contributed by atoms with van der Waals surface area (Å²) in [5, 5.41) is 0. The highest BCUT2D eigenvalue weighted by Gasteiger charge is 2.46. The number of fused-ring (bicyclic) bond motifs is 1. The molecule has 2 aliphatic carbocycles. The average molecular weight is 332 g/mol. The summed E-state index contributed by atoms with van der Waals surface area (Å²) in [6.07, 6.45) is 12.2. The van der Waals surface area contributed by atoms with Crippen molar-refractivity contribution in [2.24, 2.45) is 35.0 Å². The Labute approximate surface area is 146 Å². The maximum Gasteiger partial charge on any atom is 0.311 e. The second kappa shape index (κ2) is 7.67. The van der Waals surface area contributed by atoms with Crippen molar-refractivity contribution >= 4 is 12.3 Å². The number of hydrogen-bond donors (Lipinski definition) is 0. The van der Waals surface area contributed by atoms with Crippen molar-refractivity contribution < 1.29 is 14.3 Å². The first-order chi connectivity index (χ1) is 11.3. The van der Waals surface area contributed by atoms with Gasteiger partial charge < -0.3 is 9.53 Å². The van der Waals surface area contributed by atoms with Gasteiger partial charge >= 0.3 is 5.97 Å². The summed E-state index contributed by atoms with van der Waals surface area (Å²) < 4.78 is 6.01. The molecule has 2 rings (SSSR count). The van der Waals surface area contributed by atoms with Crippen LogP contribution in [0.4, 0.5) is 0 Å². The minimum atomic E-state index is -0.476. The van der Waals surface area contributed by atoms with E-state index in [4.69, 9.17) is 4.74 Å². The Morgan fingerprint density at radius 3 is 2.58 bits per heavy atom. The van der Waals surface area contributed by atoms with Gasteiger partial charge in [-0.15, -0.1) is 0 Å². The highest BCUT2D eigenvalue weighted by molar-refractivity contribution is 5.76. The Hall–Kier alpha value is -1.38. The molecule has 0 aromatic rings. The maximum absolute atomic E-state index is 12.6. The van der Waals surface area contributed by atoms with E-state index < -0.39 is 5.41 Å². The lowest BCUT2D eigenvalue weighted by molar-refractivity contribution is -0.169.